The normalized spacial score (nSPS) is 11.4. The maximum absolute atomic E-state index is 12.9. The summed E-state index contributed by atoms with van der Waals surface area (Å²) in [6.07, 6.45) is 0.726. The van der Waals surface area contributed by atoms with Crippen LogP contribution in [0.1, 0.15) is 16.7 Å². The average molecular weight is 446 g/mol. The molecule has 8 nitrogen and oxygen atoms in total. The average Bonchev–Trinajstić information content (AvgIpc) is 2.87. The fraction of sp³-hybridized carbons (Fsp3) is 0.0800. The number of hydrogen-bond acceptors (Lipinski definition) is 6. The highest BCUT2D eigenvalue weighted by Gasteiger charge is 2.40. The Morgan fingerprint density at radius 3 is 1.82 bits per heavy atom. The molecule has 2 amide bonds. The Morgan fingerprint density at radius 1 is 0.818 bits per heavy atom. The van der Waals surface area contributed by atoms with Gasteiger partial charge in [-0.1, -0.05) is 60.7 Å². The molecule has 0 atom stereocenters. The molecule has 0 saturated heterocycles. The molecule has 0 aliphatic heterocycles. The Kier molecular flexibility index (Phi) is 7.22. The van der Waals surface area contributed by atoms with Crippen molar-refractivity contribution in [1.82, 2.24) is 10.9 Å². The van der Waals surface area contributed by atoms with Gasteiger partial charge in [-0.2, -0.15) is 0 Å². The molecule has 0 fully saturated rings. The lowest BCUT2D eigenvalue weighted by atomic mass is 9.85. The van der Waals surface area contributed by atoms with Gasteiger partial charge in [-0.3, -0.25) is 25.2 Å². The third-order valence-corrected chi connectivity index (χ3v) is 4.88. The number of rotatable bonds is 7. The summed E-state index contributed by atoms with van der Waals surface area (Å²) in [5.74, 6) is -3.15. The van der Waals surface area contributed by atoms with Crippen LogP contribution >= 0.6 is 0 Å². The van der Waals surface area contributed by atoms with Crippen molar-refractivity contribution in [1.29, 1.82) is 0 Å². The fourth-order valence-electron chi connectivity index (χ4n) is 3.09. The van der Waals surface area contributed by atoms with Crippen molar-refractivity contribution in [3.05, 3.63) is 108 Å². The van der Waals surface area contributed by atoms with Gasteiger partial charge in [0.1, 0.15) is 11.5 Å². The quantitative estimate of drug-likeness (QED) is 0.191. The van der Waals surface area contributed by atoms with Crippen LogP contribution in [0.3, 0.4) is 0 Å². The van der Waals surface area contributed by atoms with Gasteiger partial charge in [0.05, 0.1) is 7.11 Å². The van der Waals surface area contributed by atoms with E-state index in [1.807, 2.05) is 5.43 Å². The summed E-state index contributed by atoms with van der Waals surface area (Å²) in [6.45, 7) is 0. The molecule has 0 saturated carbocycles. The largest absolute Gasteiger partial charge is 0.507 e. The highest BCUT2D eigenvalue weighted by Crippen LogP contribution is 2.29. The van der Waals surface area contributed by atoms with Gasteiger partial charge in [0.15, 0.2) is 5.60 Å². The van der Waals surface area contributed by atoms with Crippen LogP contribution in [0, 0.1) is 0 Å². The molecular formula is C25H22N2O6. The zero-order valence-electron chi connectivity index (χ0n) is 17.7. The number of benzene rings is 3. The smallest absolute Gasteiger partial charge is 0.310 e. The highest BCUT2D eigenvalue weighted by atomic mass is 16.5. The third kappa shape index (κ3) is 5.25. The van der Waals surface area contributed by atoms with Gasteiger partial charge in [0.2, 0.25) is 5.78 Å². The topological polar surface area (TPSA) is 125 Å². The molecular weight excluding hydrogens is 424 g/mol. The molecule has 0 aliphatic carbocycles. The minimum absolute atomic E-state index is 0.270. The van der Waals surface area contributed by atoms with Gasteiger partial charge in [-0.15, -0.1) is 0 Å². The van der Waals surface area contributed by atoms with Crippen LogP contribution in [0.25, 0.3) is 5.76 Å². The first-order valence-electron chi connectivity index (χ1n) is 9.89. The van der Waals surface area contributed by atoms with Gasteiger partial charge in [-0.05, 0) is 35.4 Å². The maximum Gasteiger partial charge on any atom is 0.310 e. The molecule has 33 heavy (non-hydrogen) atoms. The Balaban J connectivity index is 1.73. The van der Waals surface area contributed by atoms with Crippen molar-refractivity contribution in [3.63, 3.8) is 0 Å². The number of amides is 2. The van der Waals surface area contributed by atoms with E-state index in [4.69, 9.17) is 4.74 Å². The van der Waals surface area contributed by atoms with Crippen LogP contribution in [0.5, 0.6) is 5.75 Å². The number of hydrazine groups is 1. The number of hydrogen-bond donors (Lipinski definition) is 4. The number of nitrogens with one attached hydrogen (secondary N) is 2. The molecule has 0 unspecified atom stereocenters. The molecule has 0 spiro atoms. The van der Waals surface area contributed by atoms with Crippen molar-refractivity contribution in [2.75, 3.05) is 7.11 Å². The van der Waals surface area contributed by atoms with Crippen LogP contribution in [0.2, 0.25) is 0 Å². The lowest BCUT2D eigenvalue weighted by Crippen LogP contribution is -2.53. The second-order valence-corrected chi connectivity index (χ2v) is 6.97. The van der Waals surface area contributed by atoms with Gasteiger partial charge >= 0.3 is 5.91 Å². The molecule has 0 aromatic heterocycles. The number of carbonyl (C=O) groups is 3. The molecule has 168 valence electrons. The lowest BCUT2D eigenvalue weighted by molar-refractivity contribution is -0.142. The summed E-state index contributed by atoms with van der Waals surface area (Å²) < 4.78 is 5.02. The zero-order valence-corrected chi connectivity index (χ0v) is 17.7. The number of carbonyl (C=O) groups excluding carboxylic acids is 3. The van der Waals surface area contributed by atoms with Crippen LogP contribution < -0.4 is 15.6 Å². The van der Waals surface area contributed by atoms with Crippen molar-refractivity contribution in [3.8, 4) is 5.75 Å². The van der Waals surface area contributed by atoms with E-state index in [1.54, 1.807) is 72.8 Å². The van der Waals surface area contributed by atoms with Gasteiger partial charge in [0.25, 0.3) is 5.91 Å². The number of methoxy groups -OCH3 is 1. The first-order chi connectivity index (χ1) is 15.9. The first-order valence-corrected chi connectivity index (χ1v) is 9.89. The summed E-state index contributed by atoms with van der Waals surface area (Å²) in [6, 6.07) is 22.5. The van der Waals surface area contributed by atoms with Gasteiger partial charge < -0.3 is 14.9 Å². The third-order valence-electron chi connectivity index (χ3n) is 4.88. The van der Waals surface area contributed by atoms with E-state index in [0.29, 0.717) is 11.3 Å². The molecule has 0 radical (unpaired) electrons. The number of aliphatic hydroxyl groups excluding tert-OH is 1. The Bertz CT molecular complexity index is 1120. The second kappa shape index (κ2) is 10.3. The van der Waals surface area contributed by atoms with E-state index in [9.17, 15) is 24.6 Å². The second-order valence-electron chi connectivity index (χ2n) is 6.97. The minimum atomic E-state index is -2.13. The Morgan fingerprint density at radius 2 is 1.33 bits per heavy atom. The van der Waals surface area contributed by atoms with Gasteiger partial charge in [0, 0.05) is 11.6 Å². The van der Waals surface area contributed by atoms with E-state index in [0.717, 1.165) is 6.08 Å². The summed E-state index contributed by atoms with van der Waals surface area (Å²) in [7, 11) is 1.49. The van der Waals surface area contributed by atoms with Crippen LogP contribution in [0.15, 0.2) is 91.0 Å². The summed E-state index contributed by atoms with van der Waals surface area (Å²) in [5, 5.41) is 21.4. The molecule has 3 rings (SSSR count). The van der Waals surface area contributed by atoms with Crippen molar-refractivity contribution in [2.24, 2.45) is 0 Å². The van der Waals surface area contributed by atoms with E-state index < -0.39 is 29.0 Å². The van der Waals surface area contributed by atoms with Crippen LogP contribution in [0.4, 0.5) is 0 Å². The fourth-order valence-corrected chi connectivity index (χ4v) is 3.09. The van der Waals surface area contributed by atoms with Gasteiger partial charge in [-0.25, -0.2) is 0 Å². The molecule has 0 bridgehead atoms. The zero-order chi connectivity index (χ0) is 23.8. The summed E-state index contributed by atoms with van der Waals surface area (Å²) >= 11 is 0. The van der Waals surface area contributed by atoms with E-state index in [2.05, 4.69) is 5.43 Å². The predicted octanol–water partition coefficient (Wildman–Crippen LogP) is 2.25. The monoisotopic (exact) mass is 446 g/mol. The minimum Gasteiger partial charge on any atom is -0.507 e. The predicted molar refractivity (Wildman–Crippen MR) is 121 cm³/mol. The van der Waals surface area contributed by atoms with E-state index in [1.165, 1.54) is 19.2 Å². The van der Waals surface area contributed by atoms with Crippen LogP contribution in [-0.4, -0.2) is 34.9 Å². The Hall–Kier alpha value is -4.43. The SMILES string of the molecule is COc1ccc(C(O)=CC(=O)C(=O)NNC(=O)C(O)(c2ccccc2)c2ccccc2)cc1. The maximum atomic E-state index is 12.9. The molecule has 4 N–H and O–H groups in total. The number of aliphatic hydroxyl groups is 2. The lowest BCUT2D eigenvalue weighted by Gasteiger charge is -2.27. The summed E-state index contributed by atoms with van der Waals surface area (Å²) in [4.78, 5) is 37.3. The molecule has 0 heterocycles. The Labute approximate surface area is 190 Å². The summed E-state index contributed by atoms with van der Waals surface area (Å²) in [5.41, 5.74) is 2.78. The van der Waals surface area contributed by atoms with Crippen molar-refractivity contribution in [2.45, 2.75) is 5.60 Å². The molecule has 3 aromatic carbocycles. The number of ether oxygens (including phenoxy) is 1. The highest BCUT2D eigenvalue weighted by molar-refractivity contribution is 6.41. The van der Waals surface area contributed by atoms with Crippen molar-refractivity contribution >= 4 is 23.4 Å². The van der Waals surface area contributed by atoms with Crippen LogP contribution in [-0.2, 0) is 20.0 Å². The molecule has 3 aromatic rings. The van der Waals surface area contributed by atoms with E-state index >= 15 is 0 Å². The number of ketones is 1. The van der Waals surface area contributed by atoms with E-state index in [-0.39, 0.29) is 11.1 Å². The standard InChI is InChI=1S/C25H22N2O6/c1-33-20-14-12-17(13-15-20)21(28)16-22(29)23(30)26-27-24(31)25(32,18-8-4-2-5-9-18)19-10-6-3-7-11-19/h2-16,28,32H,1H3,(H,26,30)(H,27,31). The first kappa shape index (κ1) is 23.2. The molecule has 0 aliphatic rings. The van der Waals surface area contributed by atoms with Crippen molar-refractivity contribution < 1.29 is 29.3 Å². The molecule has 8 heteroatoms.